The second-order valence-electron chi connectivity index (χ2n) is 5.15. The number of aromatic nitrogens is 3. The lowest BCUT2D eigenvalue weighted by atomic mass is 10.1. The minimum atomic E-state index is 0.448. The van der Waals surface area contributed by atoms with Gasteiger partial charge in [-0.15, -0.1) is 21.5 Å². The quantitative estimate of drug-likeness (QED) is 0.917. The van der Waals surface area contributed by atoms with Crippen molar-refractivity contribution in [2.45, 2.75) is 31.8 Å². The van der Waals surface area contributed by atoms with Gasteiger partial charge in [-0.25, -0.2) is 0 Å². The maximum Gasteiger partial charge on any atom is 0.150 e. The third-order valence-corrected chi connectivity index (χ3v) is 4.72. The van der Waals surface area contributed by atoms with Gasteiger partial charge in [-0.3, -0.25) is 0 Å². The van der Waals surface area contributed by atoms with E-state index in [1.807, 2.05) is 0 Å². The van der Waals surface area contributed by atoms with Crippen molar-refractivity contribution >= 4 is 11.3 Å². The summed E-state index contributed by atoms with van der Waals surface area (Å²) in [4.78, 5) is 1.37. The van der Waals surface area contributed by atoms with Crippen LogP contribution < -0.4 is 5.32 Å². The number of fused-ring (bicyclic) bond motifs is 1. The minimum absolute atomic E-state index is 0.448. The van der Waals surface area contributed by atoms with Crippen molar-refractivity contribution in [3.05, 3.63) is 34.0 Å². The Hall–Kier alpha value is -1.20. The van der Waals surface area contributed by atoms with E-state index in [1.165, 1.54) is 17.7 Å². The van der Waals surface area contributed by atoms with Crippen LogP contribution in [0.1, 0.15) is 35.4 Å². The summed E-state index contributed by atoms with van der Waals surface area (Å²) < 4.78 is 2.33. The van der Waals surface area contributed by atoms with Crippen LogP contribution >= 0.6 is 11.3 Å². The summed E-state index contributed by atoms with van der Waals surface area (Å²) in [6.07, 6.45) is 3.59. The molecule has 0 amide bonds. The van der Waals surface area contributed by atoms with Crippen LogP contribution in [0.15, 0.2) is 17.5 Å². The summed E-state index contributed by atoms with van der Waals surface area (Å²) in [6.45, 7) is 2.05. The van der Waals surface area contributed by atoms with Crippen LogP contribution in [0.2, 0.25) is 0 Å². The van der Waals surface area contributed by atoms with E-state index < -0.39 is 0 Å². The maximum atomic E-state index is 4.44. The van der Waals surface area contributed by atoms with Crippen LogP contribution in [-0.4, -0.2) is 21.3 Å². The van der Waals surface area contributed by atoms with Gasteiger partial charge < -0.3 is 9.88 Å². The molecule has 4 rings (SSSR count). The molecule has 1 aliphatic heterocycles. The highest BCUT2D eigenvalue weighted by molar-refractivity contribution is 7.09. The Labute approximate surface area is 110 Å². The SMILES string of the molecule is c1csc(Cc2nnc3n2CCNC3C2CC2)c1. The molecule has 0 spiro atoms. The van der Waals surface area contributed by atoms with Crippen LogP contribution in [0.5, 0.6) is 0 Å². The molecular weight excluding hydrogens is 244 g/mol. The number of hydrogen-bond acceptors (Lipinski definition) is 4. The predicted molar refractivity (Wildman–Crippen MR) is 70.6 cm³/mol. The first-order valence-electron chi connectivity index (χ1n) is 6.59. The van der Waals surface area contributed by atoms with Crippen LogP contribution in [0.25, 0.3) is 0 Å². The van der Waals surface area contributed by atoms with Crippen LogP contribution in [-0.2, 0) is 13.0 Å². The highest BCUT2D eigenvalue weighted by Gasteiger charge is 2.37. The molecule has 2 aromatic heterocycles. The summed E-state index contributed by atoms with van der Waals surface area (Å²) >= 11 is 1.79. The monoisotopic (exact) mass is 260 g/mol. The van der Waals surface area contributed by atoms with Crippen LogP contribution in [0.3, 0.4) is 0 Å². The normalized spacial score (nSPS) is 23.0. The molecule has 0 bridgehead atoms. The molecule has 1 fully saturated rings. The molecule has 1 saturated carbocycles. The first-order valence-corrected chi connectivity index (χ1v) is 7.47. The topological polar surface area (TPSA) is 42.7 Å². The number of thiophene rings is 1. The van der Waals surface area contributed by atoms with Crippen molar-refractivity contribution in [3.63, 3.8) is 0 Å². The third kappa shape index (κ3) is 1.78. The molecule has 94 valence electrons. The first kappa shape index (κ1) is 10.7. The fourth-order valence-corrected chi connectivity index (χ4v) is 3.45. The predicted octanol–water partition coefficient (Wildman–Crippen LogP) is 1.98. The van der Waals surface area contributed by atoms with Crippen molar-refractivity contribution < 1.29 is 0 Å². The number of rotatable bonds is 3. The highest BCUT2D eigenvalue weighted by Crippen LogP contribution is 2.41. The average Bonchev–Trinajstić information content (AvgIpc) is 2.96. The van der Waals surface area contributed by atoms with Gasteiger partial charge in [0.15, 0.2) is 5.82 Å². The molecule has 1 atom stereocenters. The molecule has 18 heavy (non-hydrogen) atoms. The van der Waals surface area contributed by atoms with Crippen LogP contribution in [0.4, 0.5) is 0 Å². The molecular formula is C13H16N4S. The third-order valence-electron chi connectivity index (χ3n) is 3.84. The average molecular weight is 260 g/mol. The van der Waals surface area contributed by atoms with Crippen molar-refractivity contribution in [3.8, 4) is 0 Å². The van der Waals surface area contributed by atoms with Crippen molar-refractivity contribution in [2.24, 2.45) is 5.92 Å². The molecule has 1 aliphatic carbocycles. The van der Waals surface area contributed by atoms with E-state index in [0.29, 0.717) is 6.04 Å². The van der Waals surface area contributed by atoms with Gasteiger partial charge in [0.1, 0.15) is 5.82 Å². The van der Waals surface area contributed by atoms with Gasteiger partial charge in [0.05, 0.1) is 6.04 Å². The molecule has 4 nitrogen and oxygen atoms in total. The van der Waals surface area contributed by atoms with E-state index in [4.69, 9.17) is 0 Å². The highest BCUT2D eigenvalue weighted by atomic mass is 32.1. The fourth-order valence-electron chi connectivity index (χ4n) is 2.75. The van der Waals surface area contributed by atoms with Crippen molar-refractivity contribution in [1.82, 2.24) is 20.1 Å². The Bertz CT molecular complexity index is 541. The van der Waals surface area contributed by atoms with E-state index >= 15 is 0 Å². The van der Waals surface area contributed by atoms with Crippen molar-refractivity contribution in [1.29, 1.82) is 0 Å². The number of hydrogen-bond donors (Lipinski definition) is 1. The molecule has 1 N–H and O–H groups in total. The van der Waals surface area contributed by atoms with Gasteiger partial charge in [0.25, 0.3) is 0 Å². The van der Waals surface area contributed by atoms with Gasteiger partial charge in [0, 0.05) is 24.4 Å². The maximum absolute atomic E-state index is 4.44. The van der Waals surface area contributed by atoms with E-state index in [-0.39, 0.29) is 0 Å². The summed E-state index contributed by atoms with van der Waals surface area (Å²) in [6, 6.07) is 4.72. The van der Waals surface area contributed by atoms with Gasteiger partial charge in [-0.05, 0) is 30.2 Å². The van der Waals surface area contributed by atoms with Gasteiger partial charge in [-0.2, -0.15) is 0 Å². The number of nitrogens with one attached hydrogen (secondary N) is 1. The molecule has 0 saturated heterocycles. The van der Waals surface area contributed by atoms with Crippen molar-refractivity contribution in [2.75, 3.05) is 6.54 Å². The summed E-state index contributed by atoms with van der Waals surface area (Å²) in [5.41, 5.74) is 0. The Morgan fingerprint density at radius 3 is 3.11 bits per heavy atom. The number of nitrogens with zero attached hydrogens (tertiary/aromatic N) is 3. The molecule has 0 radical (unpaired) electrons. The lowest BCUT2D eigenvalue weighted by Gasteiger charge is -2.24. The molecule has 5 heteroatoms. The lowest BCUT2D eigenvalue weighted by molar-refractivity contribution is 0.377. The lowest BCUT2D eigenvalue weighted by Crippen LogP contribution is -2.35. The first-order chi connectivity index (χ1) is 8.92. The molecule has 3 heterocycles. The summed E-state index contributed by atoms with van der Waals surface area (Å²) in [5.74, 6) is 3.08. The fraction of sp³-hybridized carbons (Fsp3) is 0.538. The molecule has 2 aliphatic rings. The van der Waals surface area contributed by atoms with Gasteiger partial charge >= 0.3 is 0 Å². The van der Waals surface area contributed by atoms with E-state index in [1.54, 1.807) is 11.3 Å². The minimum Gasteiger partial charge on any atom is -0.312 e. The van der Waals surface area contributed by atoms with Gasteiger partial charge in [0.2, 0.25) is 0 Å². The Morgan fingerprint density at radius 2 is 2.33 bits per heavy atom. The van der Waals surface area contributed by atoms with Crippen LogP contribution in [0, 0.1) is 5.92 Å². The zero-order valence-corrected chi connectivity index (χ0v) is 11.0. The molecule has 1 unspecified atom stereocenters. The Kier molecular flexibility index (Phi) is 2.48. The van der Waals surface area contributed by atoms with Gasteiger partial charge in [-0.1, -0.05) is 6.07 Å². The Balaban J connectivity index is 1.65. The summed E-state index contributed by atoms with van der Waals surface area (Å²) in [7, 11) is 0. The van der Waals surface area contributed by atoms with E-state index in [2.05, 4.69) is 37.6 Å². The second kappa shape index (κ2) is 4.17. The zero-order valence-electron chi connectivity index (χ0n) is 10.2. The Morgan fingerprint density at radius 1 is 1.39 bits per heavy atom. The standard InChI is InChI=1S/C13H16N4S/c1-2-10(18-7-1)8-11-15-16-13-12(9-3-4-9)14-5-6-17(11)13/h1-2,7,9,12,14H,3-6,8H2. The summed E-state index contributed by atoms with van der Waals surface area (Å²) in [5, 5.41) is 14.6. The zero-order chi connectivity index (χ0) is 11.9. The second-order valence-corrected chi connectivity index (χ2v) is 6.18. The smallest absolute Gasteiger partial charge is 0.150 e. The molecule has 0 aromatic carbocycles. The largest absolute Gasteiger partial charge is 0.312 e. The van der Waals surface area contributed by atoms with E-state index in [0.717, 1.165) is 37.1 Å². The molecule has 2 aromatic rings. The van der Waals surface area contributed by atoms with E-state index in [9.17, 15) is 0 Å².